The summed E-state index contributed by atoms with van der Waals surface area (Å²) in [5.41, 5.74) is -0.505. The van der Waals surface area contributed by atoms with E-state index in [2.05, 4.69) is 25.8 Å². The number of carbonyl (C=O) groups excluding carboxylic acids is 2. The van der Waals surface area contributed by atoms with Crippen LogP contribution >= 0.6 is 24.0 Å². The van der Waals surface area contributed by atoms with Crippen molar-refractivity contribution in [2.24, 2.45) is 4.99 Å². The molecule has 3 N–H and O–H groups in total. The van der Waals surface area contributed by atoms with E-state index < -0.39 is 5.60 Å². The number of likely N-dealkylation sites (tertiary alicyclic amines) is 1. The summed E-state index contributed by atoms with van der Waals surface area (Å²) >= 11 is 0. The van der Waals surface area contributed by atoms with Crippen molar-refractivity contribution in [2.75, 3.05) is 39.3 Å². The Kier molecular flexibility index (Phi) is 13.4. The summed E-state index contributed by atoms with van der Waals surface area (Å²) in [6.07, 6.45) is 2.81. The van der Waals surface area contributed by atoms with Gasteiger partial charge in [0.2, 0.25) is 5.91 Å². The summed E-state index contributed by atoms with van der Waals surface area (Å²) in [6.45, 7) is 13.2. The highest BCUT2D eigenvalue weighted by Crippen LogP contribution is 2.10. The van der Waals surface area contributed by atoms with Gasteiger partial charge in [-0.2, -0.15) is 0 Å². The van der Waals surface area contributed by atoms with E-state index in [0.717, 1.165) is 45.4 Å². The van der Waals surface area contributed by atoms with Gasteiger partial charge < -0.3 is 20.7 Å². The monoisotopic (exact) mass is 511 g/mol. The van der Waals surface area contributed by atoms with Crippen LogP contribution in [0.4, 0.5) is 0 Å². The average Bonchev–Trinajstić information content (AvgIpc) is 2.58. The number of guanidine groups is 1. The molecule has 0 saturated carbocycles. The normalized spacial score (nSPS) is 16.1. The fourth-order valence-electron chi connectivity index (χ4n) is 2.79. The van der Waals surface area contributed by atoms with E-state index in [9.17, 15) is 9.59 Å². The third-order valence-corrected chi connectivity index (χ3v) is 4.00. The van der Waals surface area contributed by atoms with Gasteiger partial charge in [0.1, 0.15) is 12.1 Å². The molecule has 0 aromatic rings. The van der Waals surface area contributed by atoms with Crippen molar-refractivity contribution in [2.45, 2.75) is 65.5 Å². The minimum atomic E-state index is -0.505. The number of nitrogens with zero attached hydrogens (tertiary/aromatic N) is 2. The second kappa shape index (κ2) is 14.0. The number of ether oxygens (including phenoxy) is 1. The van der Waals surface area contributed by atoms with Gasteiger partial charge in [0.05, 0.1) is 6.54 Å². The van der Waals surface area contributed by atoms with Crippen molar-refractivity contribution in [3.05, 3.63) is 0 Å². The van der Waals surface area contributed by atoms with Gasteiger partial charge in [-0.3, -0.25) is 14.5 Å². The molecule has 0 aromatic carbocycles. The molecule has 0 atom stereocenters. The molecular formula is C19H38IN5O3. The van der Waals surface area contributed by atoms with Crippen molar-refractivity contribution >= 4 is 41.8 Å². The first kappa shape index (κ1) is 26.9. The second-order valence-corrected chi connectivity index (χ2v) is 7.83. The Hall–Kier alpha value is -1.10. The van der Waals surface area contributed by atoms with E-state index >= 15 is 0 Å². The third kappa shape index (κ3) is 12.4. The number of rotatable bonds is 8. The number of hydrogen-bond donors (Lipinski definition) is 3. The zero-order valence-corrected chi connectivity index (χ0v) is 20.3. The Bertz CT molecular complexity index is 500. The van der Waals surface area contributed by atoms with Gasteiger partial charge in [-0.25, -0.2) is 4.99 Å². The fourth-order valence-corrected chi connectivity index (χ4v) is 2.79. The maximum atomic E-state index is 11.9. The predicted octanol–water partition coefficient (Wildman–Crippen LogP) is 1.49. The molecule has 0 aliphatic carbocycles. The number of piperidine rings is 1. The molecule has 1 fully saturated rings. The highest BCUT2D eigenvalue weighted by Gasteiger charge is 2.22. The summed E-state index contributed by atoms with van der Waals surface area (Å²) in [4.78, 5) is 30.2. The quantitative estimate of drug-likeness (QED) is 0.198. The van der Waals surface area contributed by atoms with Gasteiger partial charge in [-0.05, 0) is 47.0 Å². The van der Waals surface area contributed by atoms with E-state index in [4.69, 9.17) is 4.74 Å². The fraction of sp³-hybridized carbons (Fsp3) is 0.842. The van der Waals surface area contributed by atoms with Crippen LogP contribution < -0.4 is 16.0 Å². The highest BCUT2D eigenvalue weighted by atomic mass is 127. The number of aliphatic imine (C=N–C) groups is 1. The number of carbonyl (C=O) groups is 2. The molecule has 0 radical (unpaired) electrons. The van der Waals surface area contributed by atoms with E-state index in [1.54, 1.807) is 0 Å². The summed E-state index contributed by atoms with van der Waals surface area (Å²) in [6, 6.07) is 0.274. The SMILES string of the molecule is CCCNC(=O)CN1CCC(NC(=NCC(=O)OC(C)(C)C)NCC)CC1.I. The zero-order chi connectivity index (χ0) is 20.3. The number of amides is 1. The van der Waals surface area contributed by atoms with Crippen molar-refractivity contribution in [3.63, 3.8) is 0 Å². The minimum absolute atomic E-state index is 0. The average molecular weight is 511 g/mol. The van der Waals surface area contributed by atoms with Gasteiger partial charge >= 0.3 is 5.97 Å². The number of esters is 1. The largest absolute Gasteiger partial charge is 0.459 e. The molecule has 164 valence electrons. The maximum absolute atomic E-state index is 11.9. The molecular weight excluding hydrogens is 473 g/mol. The van der Waals surface area contributed by atoms with Crippen LogP contribution in [-0.2, 0) is 14.3 Å². The first-order valence-corrected chi connectivity index (χ1v) is 9.99. The first-order valence-electron chi connectivity index (χ1n) is 9.99. The first-order chi connectivity index (χ1) is 12.7. The number of hydrogen-bond acceptors (Lipinski definition) is 5. The Morgan fingerprint density at radius 2 is 1.79 bits per heavy atom. The molecule has 1 heterocycles. The lowest BCUT2D eigenvalue weighted by atomic mass is 10.1. The molecule has 0 aromatic heterocycles. The van der Waals surface area contributed by atoms with Crippen LogP contribution in [-0.4, -0.2) is 73.6 Å². The lowest BCUT2D eigenvalue weighted by Crippen LogP contribution is -2.50. The molecule has 1 aliphatic rings. The van der Waals surface area contributed by atoms with Gasteiger partial charge in [-0.1, -0.05) is 6.92 Å². The molecule has 1 rings (SSSR count). The molecule has 0 spiro atoms. The second-order valence-electron chi connectivity index (χ2n) is 7.83. The topological polar surface area (TPSA) is 95.1 Å². The Morgan fingerprint density at radius 1 is 1.14 bits per heavy atom. The summed E-state index contributed by atoms with van der Waals surface area (Å²) < 4.78 is 5.29. The van der Waals surface area contributed by atoms with Crippen LogP contribution in [0.3, 0.4) is 0 Å². The van der Waals surface area contributed by atoms with Gasteiger partial charge in [0, 0.05) is 32.2 Å². The standard InChI is InChI=1S/C19H37N5O3.HI/c1-6-10-21-16(25)14-24-11-8-15(9-12-24)23-18(20-7-2)22-13-17(26)27-19(3,4)5;/h15H,6-14H2,1-5H3,(H,21,25)(H2,20,22,23);1H. The van der Waals surface area contributed by atoms with Crippen LogP contribution in [0.15, 0.2) is 4.99 Å². The van der Waals surface area contributed by atoms with E-state index in [0.29, 0.717) is 12.5 Å². The molecule has 0 unspecified atom stereocenters. The van der Waals surface area contributed by atoms with Gasteiger partial charge in [0.15, 0.2) is 5.96 Å². The van der Waals surface area contributed by atoms with Crippen molar-refractivity contribution in [1.29, 1.82) is 0 Å². The van der Waals surface area contributed by atoms with E-state index in [-0.39, 0.29) is 48.4 Å². The molecule has 1 amide bonds. The number of nitrogens with one attached hydrogen (secondary N) is 3. The van der Waals surface area contributed by atoms with Crippen LogP contribution in [0.25, 0.3) is 0 Å². The molecule has 28 heavy (non-hydrogen) atoms. The predicted molar refractivity (Wildman–Crippen MR) is 123 cm³/mol. The van der Waals surface area contributed by atoms with Crippen LogP contribution in [0.2, 0.25) is 0 Å². The Labute approximate surface area is 186 Å². The minimum Gasteiger partial charge on any atom is -0.459 e. The smallest absolute Gasteiger partial charge is 0.328 e. The van der Waals surface area contributed by atoms with E-state index in [1.807, 2.05) is 34.6 Å². The van der Waals surface area contributed by atoms with Gasteiger partial charge in [-0.15, -0.1) is 24.0 Å². The molecule has 1 saturated heterocycles. The lowest BCUT2D eigenvalue weighted by Gasteiger charge is -2.32. The maximum Gasteiger partial charge on any atom is 0.328 e. The number of halogens is 1. The molecule has 8 nitrogen and oxygen atoms in total. The molecule has 1 aliphatic heterocycles. The molecule has 0 bridgehead atoms. The summed E-state index contributed by atoms with van der Waals surface area (Å²) in [5.74, 6) is 0.380. The van der Waals surface area contributed by atoms with Crippen molar-refractivity contribution < 1.29 is 14.3 Å². The Balaban J connectivity index is 0.00000729. The van der Waals surface area contributed by atoms with Crippen molar-refractivity contribution in [3.8, 4) is 0 Å². The van der Waals surface area contributed by atoms with Gasteiger partial charge in [0.25, 0.3) is 0 Å². The van der Waals surface area contributed by atoms with Crippen LogP contribution in [0.5, 0.6) is 0 Å². The summed E-state index contributed by atoms with van der Waals surface area (Å²) in [7, 11) is 0. The van der Waals surface area contributed by atoms with Crippen LogP contribution in [0, 0.1) is 0 Å². The molecule has 9 heteroatoms. The van der Waals surface area contributed by atoms with E-state index in [1.165, 1.54) is 0 Å². The third-order valence-electron chi connectivity index (χ3n) is 4.00. The summed E-state index contributed by atoms with van der Waals surface area (Å²) in [5, 5.41) is 9.47. The Morgan fingerprint density at radius 3 is 2.32 bits per heavy atom. The highest BCUT2D eigenvalue weighted by molar-refractivity contribution is 14.0. The zero-order valence-electron chi connectivity index (χ0n) is 18.0. The van der Waals surface area contributed by atoms with Crippen molar-refractivity contribution in [1.82, 2.24) is 20.9 Å². The lowest BCUT2D eigenvalue weighted by molar-refractivity contribution is -0.152. The van der Waals surface area contributed by atoms with Crippen LogP contribution in [0.1, 0.15) is 53.9 Å².